The number of hydrogen-bond donors (Lipinski definition) is 1. The molecule has 0 radical (unpaired) electrons. The van der Waals surface area contributed by atoms with Gasteiger partial charge in [-0.05, 0) is 44.2 Å². The number of esters is 1. The average Bonchev–Trinajstić information content (AvgIpc) is 3.27. The Hall–Kier alpha value is -3.81. The van der Waals surface area contributed by atoms with Crippen LogP contribution in [0.2, 0.25) is 0 Å². The van der Waals surface area contributed by atoms with E-state index < -0.39 is 0 Å². The van der Waals surface area contributed by atoms with E-state index in [0.29, 0.717) is 19.6 Å². The molecule has 4 heterocycles. The zero-order valence-corrected chi connectivity index (χ0v) is 17.8. The average molecular weight is 416 g/mol. The van der Waals surface area contributed by atoms with Crippen molar-refractivity contribution in [1.82, 2.24) is 25.1 Å². The van der Waals surface area contributed by atoms with E-state index in [1.54, 1.807) is 13.1 Å². The number of nitrogens with one attached hydrogen (secondary N) is 1. The minimum atomic E-state index is -0.208. The minimum Gasteiger partial charge on any atom is -0.466 e. The van der Waals surface area contributed by atoms with Crippen LogP contribution in [-0.4, -0.2) is 51.3 Å². The van der Waals surface area contributed by atoms with Gasteiger partial charge in [-0.1, -0.05) is 6.07 Å². The number of aromatic amines is 1. The van der Waals surface area contributed by atoms with Crippen molar-refractivity contribution < 1.29 is 9.53 Å². The van der Waals surface area contributed by atoms with Gasteiger partial charge >= 0.3 is 5.97 Å². The number of ether oxygens (including phenoxy) is 1. The number of aromatic nitrogens is 5. The molecule has 1 N–H and O–H groups in total. The molecule has 0 atom stereocenters. The third-order valence-corrected chi connectivity index (χ3v) is 4.97. The summed E-state index contributed by atoms with van der Waals surface area (Å²) in [6, 6.07) is 11.7. The SMILES string of the molecule is CCOC(=O)CCN(C)c1cnc2ccc(-c3c[nH]nc3-c3cccc(C)n3)nc2c1. The third kappa shape index (κ3) is 4.53. The lowest BCUT2D eigenvalue weighted by molar-refractivity contribution is -0.142. The Balaban J connectivity index is 1.63. The van der Waals surface area contributed by atoms with Gasteiger partial charge in [-0.25, -0.2) is 4.98 Å². The monoisotopic (exact) mass is 416 g/mol. The number of pyridine rings is 3. The molecule has 0 aliphatic carbocycles. The summed E-state index contributed by atoms with van der Waals surface area (Å²) in [6.07, 6.45) is 3.93. The van der Waals surface area contributed by atoms with Gasteiger partial charge in [-0.3, -0.25) is 19.9 Å². The number of nitrogens with zero attached hydrogens (tertiary/aromatic N) is 5. The molecule has 4 aromatic heterocycles. The molecule has 4 aromatic rings. The van der Waals surface area contributed by atoms with E-state index in [2.05, 4.69) is 20.2 Å². The molecule has 0 aromatic carbocycles. The molecule has 0 aliphatic heterocycles. The maximum Gasteiger partial charge on any atom is 0.307 e. The molecule has 0 aliphatic rings. The molecule has 0 amide bonds. The van der Waals surface area contributed by atoms with E-state index in [0.717, 1.165) is 45.1 Å². The minimum absolute atomic E-state index is 0.208. The smallest absolute Gasteiger partial charge is 0.307 e. The van der Waals surface area contributed by atoms with E-state index >= 15 is 0 Å². The quantitative estimate of drug-likeness (QED) is 0.458. The van der Waals surface area contributed by atoms with E-state index in [1.807, 2.05) is 61.5 Å². The normalized spacial score (nSPS) is 10.9. The summed E-state index contributed by atoms with van der Waals surface area (Å²) in [5.41, 5.74) is 6.59. The predicted octanol–water partition coefficient (Wildman–Crippen LogP) is 3.78. The van der Waals surface area contributed by atoms with Gasteiger partial charge in [0.05, 0.1) is 47.3 Å². The van der Waals surface area contributed by atoms with Gasteiger partial charge in [-0.15, -0.1) is 0 Å². The molecular weight excluding hydrogens is 392 g/mol. The first kappa shape index (κ1) is 20.5. The van der Waals surface area contributed by atoms with Gasteiger partial charge in [0.2, 0.25) is 0 Å². The van der Waals surface area contributed by atoms with Gasteiger partial charge in [0.15, 0.2) is 0 Å². The first-order chi connectivity index (χ1) is 15.0. The van der Waals surface area contributed by atoms with Crippen molar-refractivity contribution in [2.75, 3.05) is 25.1 Å². The lowest BCUT2D eigenvalue weighted by Crippen LogP contribution is -2.22. The molecule has 8 nitrogen and oxygen atoms in total. The molecule has 0 fully saturated rings. The van der Waals surface area contributed by atoms with Crippen molar-refractivity contribution in [3.05, 3.63) is 54.5 Å². The summed E-state index contributed by atoms with van der Waals surface area (Å²) >= 11 is 0. The summed E-state index contributed by atoms with van der Waals surface area (Å²) in [4.78, 5) is 27.5. The molecule has 4 rings (SSSR count). The lowest BCUT2D eigenvalue weighted by atomic mass is 10.1. The Kier molecular flexibility index (Phi) is 5.88. The first-order valence-corrected chi connectivity index (χ1v) is 10.2. The third-order valence-electron chi connectivity index (χ3n) is 4.97. The summed E-state index contributed by atoms with van der Waals surface area (Å²) < 4.78 is 5.00. The van der Waals surface area contributed by atoms with Crippen molar-refractivity contribution in [2.24, 2.45) is 0 Å². The van der Waals surface area contributed by atoms with Crippen LogP contribution in [-0.2, 0) is 9.53 Å². The van der Waals surface area contributed by atoms with E-state index in [-0.39, 0.29) is 5.97 Å². The first-order valence-electron chi connectivity index (χ1n) is 10.2. The Morgan fingerprint density at radius 2 is 2.00 bits per heavy atom. The zero-order chi connectivity index (χ0) is 21.8. The fourth-order valence-electron chi connectivity index (χ4n) is 3.33. The van der Waals surface area contributed by atoms with Gasteiger partial charge in [0.25, 0.3) is 0 Å². The lowest BCUT2D eigenvalue weighted by Gasteiger charge is -2.18. The largest absolute Gasteiger partial charge is 0.466 e. The molecule has 0 saturated heterocycles. The number of carbonyl (C=O) groups excluding carboxylic acids is 1. The highest BCUT2D eigenvalue weighted by Crippen LogP contribution is 2.29. The van der Waals surface area contributed by atoms with Crippen LogP contribution in [0.4, 0.5) is 5.69 Å². The molecular formula is C23H24N6O2. The summed E-state index contributed by atoms with van der Waals surface area (Å²) in [5, 5.41) is 7.32. The van der Waals surface area contributed by atoms with Crippen LogP contribution in [0.15, 0.2) is 48.8 Å². The van der Waals surface area contributed by atoms with Crippen molar-refractivity contribution in [3.63, 3.8) is 0 Å². The second-order valence-electron chi connectivity index (χ2n) is 7.22. The number of aryl methyl sites for hydroxylation is 1. The number of fused-ring (bicyclic) bond motifs is 1. The van der Waals surface area contributed by atoms with E-state index in [4.69, 9.17) is 9.72 Å². The van der Waals surface area contributed by atoms with E-state index in [9.17, 15) is 4.79 Å². The van der Waals surface area contributed by atoms with Crippen LogP contribution in [0.5, 0.6) is 0 Å². The highest BCUT2D eigenvalue weighted by Gasteiger charge is 2.14. The Morgan fingerprint density at radius 1 is 1.13 bits per heavy atom. The molecule has 8 heteroatoms. The van der Waals surface area contributed by atoms with Crippen molar-refractivity contribution in [3.8, 4) is 22.6 Å². The van der Waals surface area contributed by atoms with Crippen molar-refractivity contribution in [1.29, 1.82) is 0 Å². The van der Waals surface area contributed by atoms with Crippen LogP contribution in [0.25, 0.3) is 33.7 Å². The van der Waals surface area contributed by atoms with Gasteiger partial charge in [0.1, 0.15) is 5.69 Å². The highest BCUT2D eigenvalue weighted by atomic mass is 16.5. The number of rotatable bonds is 7. The second-order valence-corrected chi connectivity index (χ2v) is 7.22. The number of hydrogen-bond acceptors (Lipinski definition) is 7. The van der Waals surface area contributed by atoms with Crippen LogP contribution in [0.1, 0.15) is 19.0 Å². The highest BCUT2D eigenvalue weighted by molar-refractivity contribution is 5.84. The molecule has 0 unspecified atom stereocenters. The van der Waals surface area contributed by atoms with Gasteiger partial charge in [-0.2, -0.15) is 5.10 Å². The molecule has 31 heavy (non-hydrogen) atoms. The zero-order valence-electron chi connectivity index (χ0n) is 17.8. The van der Waals surface area contributed by atoms with Gasteiger partial charge in [0, 0.05) is 31.0 Å². The maximum atomic E-state index is 11.6. The fourth-order valence-corrected chi connectivity index (χ4v) is 3.33. The number of anilines is 1. The standard InChI is InChI=1S/C23H24N6O2/c1-4-31-22(30)10-11-29(3)16-12-21-19(24-13-16)9-8-18(27-21)17-14-25-28-23(17)20-7-5-6-15(2)26-20/h5-9,12-14H,4,10-11H2,1-3H3,(H,25,28). The van der Waals surface area contributed by atoms with Crippen molar-refractivity contribution >= 4 is 22.7 Å². The van der Waals surface area contributed by atoms with Crippen LogP contribution in [0, 0.1) is 6.92 Å². The topological polar surface area (TPSA) is 96.9 Å². The predicted molar refractivity (Wildman–Crippen MR) is 120 cm³/mol. The van der Waals surface area contributed by atoms with E-state index in [1.165, 1.54) is 0 Å². The maximum absolute atomic E-state index is 11.6. The van der Waals surface area contributed by atoms with Crippen LogP contribution >= 0.6 is 0 Å². The number of H-pyrrole nitrogens is 1. The van der Waals surface area contributed by atoms with Crippen LogP contribution < -0.4 is 4.90 Å². The summed E-state index contributed by atoms with van der Waals surface area (Å²) in [7, 11) is 1.92. The molecule has 0 spiro atoms. The molecule has 0 bridgehead atoms. The fraction of sp³-hybridized carbons (Fsp3) is 0.261. The summed E-state index contributed by atoms with van der Waals surface area (Å²) in [6.45, 7) is 4.69. The Morgan fingerprint density at radius 3 is 2.81 bits per heavy atom. The number of carbonyl (C=O) groups is 1. The molecule has 0 saturated carbocycles. The summed E-state index contributed by atoms with van der Waals surface area (Å²) in [5.74, 6) is -0.208. The van der Waals surface area contributed by atoms with Crippen LogP contribution in [0.3, 0.4) is 0 Å². The Labute approximate surface area is 180 Å². The Bertz CT molecular complexity index is 1220. The van der Waals surface area contributed by atoms with Gasteiger partial charge < -0.3 is 9.64 Å². The second kappa shape index (κ2) is 8.91. The van der Waals surface area contributed by atoms with Crippen molar-refractivity contribution in [2.45, 2.75) is 20.3 Å². The molecule has 158 valence electrons.